The fraction of sp³-hybridized carbons (Fsp3) is 0.318. The molecule has 2 fully saturated rings. The molecule has 0 saturated carbocycles. The lowest BCUT2D eigenvalue weighted by molar-refractivity contribution is -0.135. The normalized spacial score (nSPS) is 18.8. The van der Waals surface area contributed by atoms with Gasteiger partial charge in [-0.25, -0.2) is 9.59 Å². The Bertz CT molecular complexity index is 2200. The first-order valence-electron chi connectivity index (χ1n) is 18.3. The van der Waals surface area contributed by atoms with E-state index in [9.17, 15) is 9.59 Å². The van der Waals surface area contributed by atoms with Crippen LogP contribution in [0.4, 0.5) is 0 Å². The van der Waals surface area contributed by atoms with Gasteiger partial charge in [0.2, 0.25) is 19.3 Å². The molecule has 13 nitrogen and oxygen atoms in total. The standard InChI is InChI=1S/C22H22O7.C22H22O6/c1-24-19-9-14(10-20(25-2)21(19)26-3)7-16-15(11-27-22(16)23)6-13-4-5-17-18(8-13)29-12-28-17;1-13-6-15(10-20(24-2)21(13)25-3)8-17-16(11-26-22(17)23)7-14-4-5-18-19(9-14)28-12-27-18/h4-5,7-10,15H,6,11-12H2,1-3H3;4-6,8-10,16H,7,11-12H2,1-3H3/b16-7+;17-8-/t15-;16-/m00/s1. The van der Waals surface area contributed by atoms with Crippen LogP contribution in [-0.4, -0.2) is 74.3 Å². The Morgan fingerprint density at radius 1 is 0.526 bits per heavy atom. The van der Waals surface area contributed by atoms with Gasteiger partial charge in [0.1, 0.15) is 0 Å². The monoisotopic (exact) mass is 780 g/mol. The van der Waals surface area contributed by atoms with Gasteiger partial charge in [-0.2, -0.15) is 0 Å². The lowest BCUT2D eigenvalue weighted by Gasteiger charge is -2.14. The second-order valence-electron chi connectivity index (χ2n) is 13.6. The number of methoxy groups -OCH3 is 5. The SMILES string of the molecule is COc1cc(/C=C2/C(=O)OC[C@@H]2Cc2ccc3c(c2)OCO3)cc(OC)c1OC.COc1cc(/C=C2\C(=O)OC[C@@H]2Cc2ccc3c(c2)OCO3)cc(C)c1OC. The maximum Gasteiger partial charge on any atom is 0.334 e. The van der Waals surface area contributed by atoms with Crippen molar-refractivity contribution in [3.05, 3.63) is 99.6 Å². The zero-order valence-corrected chi connectivity index (χ0v) is 32.6. The van der Waals surface area contributed by atoms with Crippen molar-refractivity contribution in [2.45, 2.75) is 19.8 Å². The Morgan fingerprint density at radius 3 is 1.39 bits per heavy atom. The number of carbonyl (C=O) groups is 2. The summed E-state index contributed by atoms with van der Waals surface area (Å²) in [7, 11) is 7.87. The third-order valence-electron chi connectivity index (χ3n) is 10.0. The molecule has 4 aromatic rings. The van der Waals surface area contributed by atoms with Gasteiger partial charge >= 0.3 is 11.9 Å². The molecule has 4 aromatic carbocycles. The van der Waals surface area contributed by atoms with Gasteiger partial charge in [0.15, 0.2) is 46.0 Å². The molecule has 0 radical (unpaired) electrons. The van der Waals surface area contributed by atoms with Crippen LogP contribution < -0.4 is 42.6 Å². The van der Waals surface area contributed by atoms with Crippen LogP contribution in [-0.2, 0) is 31.9 Å². The van der Waals surface area contributed by atoms with E-state index in [1.807, 2.05) is 67.6 Å². The maximum atomic E-state index is 12.4. The number of esters is 2. The second kappa shape index (κ2) is 17.1. The van der Waals surface area contributed by atoms with Crippen molar-refractivity contribution in [2.75, 3.05) is 62.3 Å². The number of rotatable bonds is 11. The van der Waals surface area contributed by atoms with E-state index < -0.39 is 0 Å². The van der Waals surface area contributed by atoms with Crippen molar-refractivity contribution in [3.8, 4) is 51.7 Å². The highest BCUT2D eigenvalue weighted by molar-refractivity contribution is 5.97. The maximum absolute atomic E-state index is 12.4. The molecule has 4 aliphatic rings. The molecule has 0 aliphatic carbocycles. The van der Waals surface area contributed by atoms with Gasteiger partial charge in [-0.3, -0.25) is 0 Å². The fourth-order valence-corrected chi connectivity index (χ4v) is 7.24. The highest BCUT2D eigenvalue weighted by Crippen LogP contribution is 2.41. The van der Waals surface area contributed by atoms with Crippen molar-refractivity contribution >= 4 is 24.1 Å². The Balaban J connectivity index is 0.000000174. The molecule has 8 rings (SSSR count). The predicted octanol–water partition coefficient (Wildman–Crippen LogP) is 6.78. The van der Waals surface area contributed by atoms with Crippen LogP contribution in [0.1, 0.15) is 27.8 Å². The van der Waals surface area contributed by atoms with Crippen LogP contribution >= 0.6 is 0 Å². The molecule has 298 valence electrons. The van der Waals surface area contributed by atoms with Crippen LogP contribution in [0.2, 0.25) is 0 Å². The van der Waals surface area contributed by atoms with E-state index in [2.05, 4.69) is 0 Å². The van der Waals surface area contributed by atoms with Gasteiger partial charge in [0.25, 0.3) is 0 Å². The van der Waals surface area contributed by atoms with E-state index in [4.69, 9.17) is 52.1 Å². The number of aryl methyl sites for hydroxylation is 1. The first kappa shape index (κ1) is 38.8. The van der Waals surface area contributed by atoms with Crippen LogP contribution in [0.25, 0.3) is 12.2 Å². The van der Waals surface area contributed by atoms with Crippen LogP contribution in [0.15, 0.2) is 71.8 Å². The molecule has 2 saturated heterocycles. The highest BCUT2D eigenvalue weighted by Gasteiger charge is 2.33. The molecule has 0 amide bonds. The van der Waals surface area contributed by atoms with E-state index >= 15 is 0 Å². The van der Waals surface area contributed by atoms with Crippen LogP contribution in [0.5, 0.6) is 51.7 Å². The van der Waals surface area contributed by atoms with Gasteiger partial charge < -0.3 is 52.1 Å². The summed E-state index contributed by atoms with van der Waals surface area (Å²) < 4.78 is 59.2. The summed E-state index contributed by atoms with van der Waals surface area (Å²) in [6.45, 7) is 3.12. The summed E-state index contributed by atoms with van der Waals surface area (Å²) in [5.41, 5.74) is 5.97. The topological polar surface area (TPSA) is 136 Å². The summed E-state index contributed by atoms with van der Waals surface area (Å²) in [5.74, 6) is 5.14. The van der Waals surface area contributed by atoms with E-state index in [1.165, 1.54) is 0 Å². The average molecular weight is 781 g/mol. The number of benzene rings is 4. The number of cyclic esters (lactones) is 2. The summed E-state index contributed by atoms with van der Waals surface area (Å²) in [6.07, 6.45) is 5.03. The number of hydrogen-bond donors (Lipinski definition) is 0. The molecule has 0 spiro atoms. The van der Waals surface area contributed by atoms with Gasteiger partial charge in [0.05, 0.1) is 48.8 Å². The van der Waals surface area contributed by atoms with Crippen molar-refractivity contribution in [1.29, 1.82) is 0 Å². The van der Waals surface area contributed by atoms with Crippen LogP contribution in [0, 0.1) is 18.8 Å². The summed E-state index contributed by atoms with van der Waals surface area (Å²) in [5, 5.41) is 0. The number of fused-ring (bicyclic) bond motifs is 2. The lowest BCUT2D eigenvalue weighted by atomic mass is 9.92. The molecule has 0 aromatic heterocycles. The molecule has 0 unspecified atom stereocenters. The van der Waals surface area contributed by atoms with Crippen molar-refractivity contribution in [2.24, 2.45) is 11.8 Å². The van der Waals surface area contributed by atoms with Gasteiger partial charge in [-0.05, 0) is 108 Å². The van der Waals surface area contributed by atoms with Crippen molar-refractivity contribution in [1.82, 2.24) is 0 Å². The summed E-state index contributed by atoms with van der Waals surface area (Å²) in [4.78, 5) is 24.7. The first-order chi connectivity index (χ1) is 27.7. The zero-order valence-electron chi connectivity index (χ0n) is 32.6. The molecular weight excluding hydrogens is 736 g/mol. The zero-order chi connectivity index (χ0) is 40.1. The predicted molar refractivity (Wildman–Crippen MR) is 208 cm³/mol. The van der Waals surface area contributed by atoms with Crippen molar-refractivity contribution < 1.29 is 61.7 Å². The second-order valence-corrected chi connectivity index (χ2v) is 13.6. The molecule has 4 heterocycles. The number of carbonyl (C=O) groups excluding carboxylic acids is 2. The van der Waals surface area contributed by atoms with E-state index in [-0.39, 0.29) is 37.4 Å². The molecule has 13 heteroatoms. The number of ether oxygens (including phenoxy) is 11. The smallest absolute Gasteiger partial charge is 0.334 e. The Hall–Kier alpha value is -6.50. The molecule has 2 atom stereocenters. The van der Waals surface area contributed by atoms with Crippen molar-refractivity contribution in [3.63, 3.8) is 0 Å². The summed E-state index contributed by atoms with van der Waals surface area (Å²) >= 11 is 0. The quantitative estimate of drug-likeness (QED) is 0.117. The number of hydrogen-bond acceptors (Lipinski definition) is 13. The largest absolute Gasteiger partial charge is 0.493 e. The van der Waals surface area contributed by atoms with E-state index in [1.54, 1.807) is 47.7 Å². The minimum Gasteiger partial charge on any atom is -0.493 e. The highest BCUT2D eigenvalue weighted by atomic mass is 16.7. The van der Waals surface area contributed by atoms with Gasteiger partial charge in [-0.15, -0.1) is 0 Å². The molecule has 0 N–H and O–H groups in total. The average Bonchev–Trinajstić information content (AvgIpc) is 4.03. The van der Waals surface area contributed by atoms with Gasteiger partial charge in [0, 0.05) is 23.0 Å². The third kappa shape index (κ3) is 8.37. The fourth-order valence-electron chi connectivity index (χ4n) is 7.24. The minimum absolute atomic E-state index is 0.0266. The summed E-state index contributed by atoms with van der Waals surface area (Å²) in [6, 6.07) is 19.1. The Kier molecular flexibility index (Phi) is 11.6. The van der Waals surface area contributed by atoms with E-state index in [0.717, 1.165) is 50.8 Å². The molecule has 0 bridgehead atoms. The first-order valence-corrected chi connectivity index (χ1v) is 18.3. The minimum atomic E-state index is -0.315. The molecule has 4 aliphatic heterocycles. The lowest BCUT2D eigenvalue weighted by Crippen LogP contribution is -2.07. The Labute approximate surface area is 330 Å². The van der Waals surface area contributed by atoms with Gasteiger partial charge in [-0.1, -0.05) is 12.1 Å². The Morgan fingerprint density at radius 2 is 0.947 bits per heavy atom. The van der Waals surface area contributed by atoms with E-state index in [0.29, 0.717) is 65.9 Å². The third-order valence-corrected chi connectivity index (χ3v) is 10.0. The molecular formula is C44H44O13. The molecule has 57 heavy (non-hydrogen) atoms. The van der Waals surface area contributed by atoms with Crippen LogP contribution in [0.3, 0.4) is 0 Å².